The number of halogens is 4. The highest BCUT2D eigenvalue weighted by molar-refractivity contribution is 6.30. The predicted molar refractivity (Wildman–Crippen MR) is 80.7 cm³/mol. The molecule has 2 amide bonds. The van der Waals surface area contributed by atoms with Crippen LogP contribution in [0.15, 0.2) is 24.3 Å². The Morgan fingerprint density at radius 3 is 2.17 bits per heavy atom. The number of ether oxygens (including phenoxy) is 2. The Kier molecular flexibility index (Phi) is 6.85. The minimum Gasteiger partial charge on any atom is -0.462 e. The Morgan fingerprint density at radius 1 is 1.12 bits per heavy atom. The first-order valence-electron chi connectivity index (χ1n) is 6.89. The Hall–Kier alpha value is -2.00. The molecule has 10 heteroatoms. The number of amides is 2. The molecule has 2 N–H and O–H groups in total. The third kappa shape index (κ3) is 4.75. The van der Waals surface area contributed by atoms with Gasteiger partial charge in [-0.3, -0.25) is 5.32 Å². The molecule has 0 saturated heterocycles. The number of carbonyl (C=O) groups is 2. The molecule has 0 aromatic heterocycles. The minimum atomic E-state index is -5.23. The molecule has 0 radical (unpaired) electrons. The van der Waals surface area contributed by atoms with Gasteiger partial charge in [-0.2, -0.15) is 13.2 Å². The van der Waals surface area contributed by atoms with Crippen molar-refractivity contribution in [2.45, 2.75) is 25.7 Å². The van der Waals surface area contributed by atoms with Crippen LogP contribution >= 0.6 is 11.6 Å². The number of benzene rings is 1. The van der Waals surface area contributed by atoms with Gasteiger partial charge in [0.25, 0.3) is 0 Å². The van der Waals surface area contributed by atoms with Crippen LogP contribution in [0.5, 0.6) is 0 Å². The molecular formula is C14H16ClF3N2O4. The number of alkyl halides is 3. The standard InChI is InChI=1S/C14H16ClF3N2O4/c1-3-23-11(21)13(24-4-2,14(16,17)18)20-12(22)19-10-7-5-9(15)6-8-10/h5-8H,3-4H2,1-2H3,(H2,19,20,22). The van der Waals surface area contributed by atoms with Gasteiger partial charge in [0.2, 0.25) is 0 Å². The van der Waals surface area contributed by atoms with E-state index >= 15 is 0 Å². The number of nitrogens with one attached hydrogen (secondary N) is 2. The molecule has 0 spiro atoms. The highest BCUT2D eigenvalue weighted by Gasteiger charge is 2.64. The number of hydrogen-bond donors (Lipinski definition) is 2. The zero-order chi connectivity index (χ0) is 18.4. The Morgan fingerprint density at radius 2 is 1.71 bits per heavy atom. The Bertz CT molecular complexity index is 580. The van der Waals surface area contributed by atoms with Gasteiger partial charge in [0.1, 0.15) is 0 Å². The fraction of sp³-hybridized carbons (Fsp3) is 0.429. The molecule has 1 unspecified atom stereocenters. The fourth-order valence-corrected chi connectivity index (χ4v) is 1.85. The molecule has 0 aliphatic heterocycles. The van der Waals surface area contributed by atoms with E-state index in [1.165, 1.54) is 43.4 Å². The molecule has 0 aliphatic carbocycles. The molecule has 0 fully saturated rings. The lowest BCUT2D eigenvalue weighted by Gasteiger charge is -2.33. The fourth-order valence-electron chi connectivity index (χ4n) is 1.72. The monoisotopic (exact) mass is 368 g/mol. The first kappa shape index (κ1) is 20.0. The van der Waals surface area contributed by atoms with Gasteiger partial charge in [-0.05, 0) is 38.1 Å². The number of rotatable bonds is 6. The molecule has 1 rings (SSSR count). The largest absolute Gasteiger partial charge is 0.462 e. The van der Waals surface area contributed by atoms with Gasteiger partial charge < -0.3 is 14.8 Å². The van der Waals surface area contributed by atoms with Crippen molar-refractivity contribution in [1.29, 1.82) is 0 Å². The van der Waals surface area contributed by atoms with Crippen molar-refractivity contribution in [3.63, 3.8) is 0 Å². The third-order valence-electron chi connectivity index (χ3n) is 2.71. The topological polar surface area (TPSA) is 76.7 Å². The van der Waals surface area contributed by atoms with Crippen molar-refractivity contribution in [1.82, 2.24) is 5.32 Å². The van der Waals surface area contributed by atoms with Crippen LogP contribution in [-0.2, 0) is 14.3 Å². The molecular weight excluding hydrogens is 353 g/mol. The summed E-state index contributed by atoms with van der Waals surface area (Å²) in [5, 5.41) is 4.05. The molecule has 6 nitrogen and oxygen atoms in total. The van der Waals surface area contributed by atoms with Gasteiger partial charge in [0.15, 0.2) is 0 Å². The van der Waals surface area contributed by atoms with Gasteiger partial charge in [0.05, 0.1) is 6.61 Å². The highest BCUT2D eigenvalue weighted by atomic mass is 35.5. The van der Waals surface area contributed by atoms with Crippen molar-refractivity contribution in [2.24, 2.45) is 0 Å². The van der Waals surface area contributed by atoms with Crippen LogP contribution in [0.25, 0.3) is 0 Å². The Labute approximate surface area is 141 Å². The summed E-state index contributed by atoms with van der Waals surface area (Å²) in [5.41, 5.74) is -3.43. The van der Waals surface area contributed by atoms with E-state index in [1.54, 1.807) is 0 Å². The van der Waals surface area contributed by atoms with Crippen molar-refractivity contribution in [2.75, 3.05) is 18.5 Å². The second-order valence-corrected chi connectivity index (χ2v) is 4.85. The van der Waals surface area contributed by atoms with Crippen LogP contribution in [0.4, 0.5) is 23.7 Å². The van der Waals surface area contributed by atoms with Crippen LogP contribution in [0.1, 0.15) is 13.8 Å². The molecule has 0 heterocycles. The van der Waals surface area contributed by atoms with Gasteiger partial charge in [-0.15, -0.1) is 0 Å². The van der Waals surface area contributed by atoms with Gasteiger partial charge in [-0.25, -0.2) is 9.59 Å². The van der Waals surface area contributed by atoms with Crippen LogP contribution in [0.3, 0.4) is 0 Å². The zero-order valence-corrected chi connectivity index (χ0v) is 13.6. The molecule has 24 heavy (non-hydrogen) atoms. The van der Waals surface area contributed by atoms with Crippen molar-refractivity contribution in [3.05, 3.63) is 29.3 Å². The number of anilines is 1. The first-order valence-corrected chi connectivity index (χ1v) is 7.26. The van der Waals surface area contributed by atoms with E-state index in [-0.39, 0.29) is 12.3 Å². The summed E-state index contributed by atoms with van der Waals surface area (Å²) in [5.74, 6) is -1.76. The van der Waals surface area contributed by atoms with E-state index < -0.39 is 30.5 Å². The summed E-state index contributed by atoms with van der Waals surface area (Å²) in [7, 11) is 0. The highest BCUT2D eigenvalue weighted by Crippen LogP contribution is 2.33. The molecule has 134 valence electrons. The zero-order valence-electron chi connectivity index (χ0n) is 12.9. The maximum absolute atomic E-state index is 13.4. The van der Waals surface area contributed by atoms with Gasteiger partial charge in [0, 0.05) is 17.3 Å². The van der Waals surface area contributed by atoms with Crippen LogP contribution in [0, 0.1) is 0 Å². The summed E-state index contributed by atoms with van der Waals surface area (Å²) in [6.07, 6.45) is -5.23. The summed E-state index contributed by atoms with van der Waals surface area (Å²) in [6, 6.07) is 4.32. The van der Waals surface area contributed by atoms with Crippen LogP contribution in [-0.4, -0.2) is 37.1 Å². The van der Waals surface area contributed by atoms with Crippen molar-refractivity contribution >= 4 is 29.3 Å². The smallest absolute Gasteiger partial charge is 0.448 e. The number of urea groups is 1. The molecule has 1 atom stereocenters. The van der Waals surface area contributed by atoms with E-state index in [9.17, 15) is 22.8 Å². The van der Waals surface area contributed by atoms with Crippen molar-refractivity contribution < 1.29 is 32.2 Å². The molecule has 0 bridgehead atoms. The van der Waals surface area contributed by atoms with Crippen LogP contribution < -0.4 is 10.6 Å². The van der Waals surface area contributed by atoms with E-state index in [0.717, 1.165) is 0 Å². The van der Waals surface area contributed by atoms with E-state index in [2.05, 4.69) is 14.8 Å². The normalized spacial score (nSPS) is 13.8. The van der Waals surface area contributed by atoms with Gasteiger partial charge >= 0.3 is 23.9 Å². The first-order chi connectivity index (χ1) is 11.2. The molecule has 1 aromatic rings. The summed E-state index contributed by atoms with van der Waals surface area (Å²) in [6.45, 7) is 1.78. The maximum atomic E-state index is 13.4. The summed E-state index contributed by atoms with van der Waals surface area (Å²) >= 11 is 5.67. The van der Waals surface area contributed by atoms with Crippen LogP contribution in [0.2, 0.25) is 5.02 Å². The molecule has 1 aromatic carbocycles. The Balaban J connectivity index is 3.04. The lowest BCUT2D eigenvalue weighted by molar-refractivity contribution is -0.282. The number of esters is 1. The molecule has 0 saturated carbocycles. The average Bonchev–Trinajstić information content (AvgIpc) is 2.48. The second-order valence-electron chi connectivity index (χ2n) is 4.42. The summed E-state index contributed by atoms with van der Waals surface area (Å²) in [4.78, 5) is 23.7. The predicted octanol–water partition coefficient (Wildman–Crippen LogP) is 3.32. The lowest BCUT2D eigenvalue weighted by atomic mass is 10.2. The van der Waals surface area contributed by atoms with Gasteiger partial charge in [-0.1, -0.05) is 11.6 Å². The average molecular weight is 369 g/mol. The lowest BCUT2D eigenvalue weighted by Crippen LogP contribution is -2.67. The van der Waals surface area contributed by atoms with Crippen molar-refractivity contribution in [3.8, 4) is 0 Å². The second kappa shape index (κ2) is 8.20. The third-order valence-corrected chi connectivity index (χ3v) is 2.97. The SMILES string of the molecule is CCOC(=O)C(NC(=O)Nc1ccc(Cl)cc1)(OCC)C(F)(F)F. The van der Waals surface area contributed by atoms with E-state index in [1.807, 2.05) is 0 Å². The number of carbonyl (C=O) groups excluding carboxylic acids is 2. The van der Waals surface area contributed by atoms with E-state index in [0.29, 0.717) is 5.02 Å². The maximum Gasteiger partial charge on any atom is 0.448 e. The van der Waals surface area contributed by atoms with E-state index in [4.69, 9.17) is 11.6 Å². The molecule has 0 aliphatic rings. The minimum absolute atomic E-state index is 0.174. The number of hydrogen-bond acceptors (Lipinski definition) is 4. The summed E-state index contributed by atoms with van der Waals surface area (Å²) < 4.78 is 49.2. The quantitative estimate of drug-likeness (QED) is 0.596.